The fourth-order valence-corrected chi connectivity index (χ4v) is 2.47. The molecule has 1 aliphatic rings. The van der Waals surface area contributed by atoms with Gasteiger partial charge in [0.1, 0.15) is 0 Å². The van der Waals surface area contributed by atoms with Gasteiger partial charge in [-0.3, -0.25) is 4.98 Å². The van der Waals surface area contributed by atoms with Crippen LogP contribution in [0.25, 0.3) is 11.1 Å². The summed E-state index contributed by atoms with van der Waals surface area (Å²) in [6.07, 6.45) is 2.25. The van der Waals surface area contributed by atoms with Crippen molar-refractivity contribution >= 4 is 11.1 Å². The predicted molar refractivity (Wildman–Crippen MR) is 69.2 cm³/mol. The number of aromatic amines is 1. The number of nitrogens with two attached hydrogens (primary N) is 1. The summed E-state index contributed by atoms with van der Waals surface area (Å²) in [5, 5.41) is 3.41. The number of hydrogen-bond donors (Lipinski definition) is 3. The zero-order valence-electron chi connectivity index (χ0n) is 10.1. The Labute approximate surface area is 104 Å². The van der Waals surface area contributed by atoms with Crippen molar-refractivity contribution in [2.24, 2.45) is 11.7 Å². The van der Waals surface area contributed by atoms with E-state index >= 15 is 0 Å². The van der Waals surface area contributed by atoms with Gasteiger partial charge in [0.2, 0.25) is 0 Å². The van der Waals surface area contributed by atoms with Crippen molar-refractivity contribution < 1.29 is 4.42 Å². The van der Waals surface area contributed by atoms with E-state index in [0.29, 0.717) is 17.5 Å². The highest BCUT2D eigenvalue weighted by Crippen LogP contribution is 2.24. The van der Waals surface area contributed by atoms with Gasteiger partial charge in [-0.1, -0.05) is 6.07 Å². The summed E-state index contributed by atoms with van der Waals surface area (Å²) in [5.74, 6) is 0.312. The highest BCUT2D eigenvalue weighted by Gasteiger charge is 2.24. The number of fused-ring (bicyclic) bond motifs is 1. The van der Waals surface area contributed by atoms with E-state index in [0.717, 1.165) is 37.0 Å². The van der Waals surface area contributed by atoms with Crippen LogP contribution in [-0.4, -0.2) is 17.6 Å². The Kier molecular flexibility index (Phi) is 2.93. The van der Waals surface area contributed by atoms with Crippen LogP contribution in [0, 0.1) is 5.92 Å². The molecule has 18 heavy (non-hydrogen) atoms. The van der Waals surface area contributed by atoms with E-state index in [4.69, 9.17) is 10.2 Å². The Balaban J connectivity index is 1.58. The van der Waals surface area contributed by atoms with E-state index < -0.39 is 5.76 Å². The quantitative estimate of drug-likeness (QED) is 0.751. The summed E-state index contributed by atoms with van der Waals surface area (Å²) in [4.78, 5) is 13.7. The lowest BCUT2D eigenvalue weighted by Gasteiger charge is -2.32. The van der Waals surface area contributed by atoms with Crippen LogP contribution in [0.4, 0.5) is 0 Å². The molecule has 0 saturated heterocycles. The lowest BCUT2D eigenvalue weighted by molar-refractivity contribution is 0.256. The third kappa shape index (κ3) is 2.32. The van der Waals surface area contributed by atoms with Gasteiger partial charge in [0.05, 0.1) is 5.52 Å². The second-order valence-corrected chi connectivity index (χ2v) is 5.07. The van der Waals surface area contributed by atoms with Gasteiger partial charge in [-0.2, -0.15) is 0 Å². The molecule has 1 aliphatic carbocycles. The van der Waals surface area contributed by atoms with Crippen LogP contribution in [0.1, 0.15) is 18.4 Å². The lowest BCUT2D eigenvalue weighted by atomic mass is 9.81. The number of benzene rings is 1. The van der Waals surface area contributed by atoms with E-state index in [1.54, 1.807) is 0 Å². The van der Waals surface area contributed by atoms with Crippen LogP contribution in [0.3, 0.4) is 0 Å². The molecule has 0 amide bonds. The molecule has 1 heterocycles. The van der Waals surface area contributed by atoms with E-state index in [9.17, 15) is 4.79 Å². The number of rotatable bonds is 4. The van der Waals surface area contributed by atoms with Gasteiger partial charge >= 0.3 is 5.76 Å². The van der Waals surface area contributed by atoms with Crippen LogP contribution in [0.2, 0.25) is 0 Å². The number of hydrogen-bond acceptors (Lipinski definition) is 4. The van der Waals surface area contributed by atoms with Gasteiger partial charge in [-0.15, -0.1) is 0 Å². The topological polar surface area (TPSA) is 84.0 Å². The molecule has 1 fully saturated rings. The van der Waals surface area contributed by atoms with Crippen LogP contribution >= 0.6 is 0 Å². The van der Waals surface area contributed by atoms with Crippen molar-refractivity contribution in [2.45, 2.75) is 25.4 Å². The Hall–Kier alpha value is -1.59. The highest BCUT2D eigenvalue weighted by molar-refractivity contribution is 5.72. The van der Waals surface area contributed by atoms with Crippen molar-refractivity contribution in [1.82, 2.24) is 10.3 Å². The summed E-state index contributed by atoms with van der Waals surface area (Å²) in [7, 11) is 0. The molecule has 0 unspecified atom stereocenters. The molecule has 0 aliphatic heterocycles. The number of nitrogens with one attached hydrogen (secondary N) is 2. The molecule has 0 bridgehead atoms. The van der Waals surface area contributed by atoms with Gasteiger partial charge in [0.15, 0.2) is 5.58 Å². The molecule has 1 aromatic carbocycles. The minimum Gasteiger partial charge on any atom is -0.408 e. The van der Waals surface area contributed by atoms with Crippen molar-refractivity contribution in [3.63, 3.8) is 0 Å². The van der Waals surface area contributed by atoms with Gasteiger partial charge in [0.25, 0.3) is 0 Å². The van der Waals surface area contributed by atoms with Crippen molar-refractivity contribution in [3.8, 4) is 0 Å². The summed E-state index contributed by atoms with van der Waals surface area (Å²) in [6, 6.07) is 6.17. The SMILES string of the molecule is NC1CC(CNCc2ccc3[nH]c(=O)oc3c2)C1. The van der Waals surface area contributed by atoms with Gasteiger partial charge < -0.3 is 15.5 Å². The molecule has 3 rings (SSSR count). The van der Waals surface area contributed by atoms with Crippen LogP contribution in [-0.2, 0) is 6.54 Å². The van der Waals surface area contributed by atoms with Gasteiger partial charge in [-0.25, -0.2) is 4.79 Å². The molecule has 0 spiro atoms. The molecule has 1 aromatic heterocycles. The first-order chi connectivity index (χ1) is 8.70. The first kappa shape index (κ1) is 11.5. The Morgan fingerprint density at radius 2 is 2.28 bits per heavy atom. The maximum Gasteiger partial charge on any atom is 0.417 e. The average Bonchev–Trinajstić information content (AvgIpc) is 2.66. The second kappa shape index (κ2) is 4.59. The molecular formula is C13H17N3O2. The lowest BCUT2D eigenvalue weighted by Crippen LogP contribution is -2.41. The number of oxazole rings is 1. The maximum absolute atomic E-state index is 11.0. The fraction of sp³-hybridized carbons (Fsp3) is 0.462. The molecule has 0 atom stereocenters. The molecule has 0 radical (unpaired) electrons. The third-order valence-corrected chi connectivity index (χ3v) is 3.52. The van der Waals surface area contributed by atoms with Crippen molar-refractivity contribution in [2.75, 3.05) is 6.54 Å². The second-order valence-electron chi connectivity index (χ2n) is 5.07. The fourth-order valence-electron chi connectivity index (χ4n) is 2.47. The van der Waals surface area contributed by atoms with Crippen molar-refractivity contribution in [1.29, 1.82) is 0 Å². The zero-order valence-corrected chi connectivity index (χ0v) is 10.1. The minimum atomic E-state index is -0.404. The van der Waals surface area contributed by atoms with Crippen LogP contribution < -0.4 is 16.8 Å². The maximum atomic E-state index is 11.0. The van der Waals surface area contributed by atoms with Gasteiger partial charge in [-0.05, 0) is 43.0 Å². The standard InChI is InChI=1S/C13H17N3O2/c14-10-3-9(4-10)7-15-6-8-1-2-11-12(5-8)18-13(17)16-11/h1-2,5,9-10,15H,3-4,6-7,14H2,(H,16,17). The molecule has 5 heteroatoms. The van der Waals surface area contributed by atoms with E-state index in [1.807, 2.05) is 18.2 Å². The Morgan fingerprint density at radius 3 is 3.06 bits per heavy atom. The first-order valence-corrected chi connectivity index (χ1v) is 6.29. The molecule has 5 nitrogen and oxygen atoms in total. The summed E-state index contributed by atoms with van der Waals surface area (Å²) in [5.41, 5.74) is 8.22. The van der Waals surface area contributed by atoms with E-state index in [2.05, 4.69) is 10.3 Å². The van der Waals surface area contributed by atoms with E-state index in [-0.39, 0.29) is 0 Å². The first-order valence-electron chi connectivity index (χ1n) is 6.29. The monoisotopic (exact) mass is 247 g/mol. The molecule has 4 N–H and O–H groups in total. The summed E-state index contributed by atoms with van der Waals surface area (Å²) >= 11 is 0. The molecular weight excluding hydrogens is 230 g/mol. The Morgan fingerprint density at radius 1 is 1.44 bits per heavy atom. The van der Waals surface area contributed by atoms with Crippen molar-refractivity contribution in [3.05, 3.63) is 34.3 Å². The summed E-state index contributed by atoms with van der Waals surface area (Å²) in [6.45, 7) is 1.79. The third-order valence-electron chi connectivity index (χ3n) is 3.52. The van der Waals surface area contributed by atoms with Crippen LogP contribution in [0.15, 0.2) is 27.4 Å². The number of aromatic nitrogens is 1. The van der Waals surface area contributed by atoms with Gasteiger partial charge in [0, 0.05) is 12.6 Å². The van der Waals surface area contributed by atoms with Crippen LogP contribution in [0.5, 0.6) is 0 Å². The predicted octanol–water partition coefficient (Wildman–Crippen LogP) is 0.948. The Bertz CT molecular complexity index is 596. The largest absolute Gasteiger partial charge is 0.417 e. The average molecular weight is 247 g/mol. The number of H-pyrrole nitrogens is 1. The smallest absolute Gasteiger partial charge is 0.408 e. The summed E-state index contributed by atoms with van der Waals surface area (Å²) < 4.78 is 5.03. The molecule has 96 valence electrons. The highest BCUT2D eigenvalue weighted by atomic mass is 16.4. The normalized spacial score (nSPS) is 23.2. The minimum absolute atomic E-state index is 0.404. The molecule has 2 aromatic rings. The zero-order chi connectivity index (χ0) is 12.5. The molecule has 1 saturated carbocycles. The van der Waals surface area contributed by atoms with E-state index in [1.165, 1.54) is 0 Å².